The molecule has 1 N–H and O–H groups in total. The highest BCUT2D eigenvalue weighted by Crippen LogP contribution is 2.28. The zero-order valence-corrected chi connectivity index (χ0v) is 13.9. The van der Waals surface area contributed by atoms with Crippen molar-refractivity contribution in [2.24, 2.45) is 5.92 Å². The highest BCUT2D eigenvalue weighted by Gasteiger charge is 2.42. The van der Waals surface area contributed by atoms with E-state index >= 15 is 0 Å². The van der Waals surface area contributed by atoms with Gasteiger partial charge in [0.25, 0.3) is 0 Å². The molecule has 2 aromatic carbocycles. The van der Waals surface area contributed by atoms with E-state index in [9.17, 15) is 19.0 Å². The van der Waals surface area contributed by atoms with Gasteiger partial charge in [0.2, 0.25) is 5.91 Å². The number of carbonyl (C=O) groups excluding carboxylic acids is 2. The number of amides is 1. The van der Waals surface area contributed by atoms with Crippen LogP contribution in [0.1, 0.15) is 12.0 Å². The molecule has 0 radical (unpaired) electrons. The molecule has 1 heterocycles. The minimum absolute atomic E-state index is 0.206. The van der Waals surface area contributed by atoms with Gasteiger partial charge in [0.05, 0.1) is 5.92 Å². The van der Waals surface area contributed by atoms with E-state index < -0.39 is 13.0 Å². The van der Waals surface area contributed by atoms with Crippen LogP contribution in [0.5, 0.6) is 0 Å². The number of nitrogens with zero attached hydrogens (tertiary/aromatic N) is 1. The Morgan fingerprint density at radius 1 is 1.24 bits per heavy atom. The first kappa shape index (κ1) is 17.4. The van der Waals surface area contributed by atoms with Gasteiger partial charge in [-0.05, 0) is 48.5 Å². The topological polar surface area (TPSA) is 57.6 Å². The third kappa shape index (κ3) is 3.64. The molecule has 128 valence electrons. The van der Waals surface area contributed by atoms with Crippen LogP contribution in [0.4, 0.5) is 4.39 Å². The maximum atomic E-state index is 13.3. The van der Waals surface area contributed by atoms with Crippen molar-refractivity contribution in [1.82, 2.24) is 4.81 Å². The van der Waals surface area contributed by atoms with Crippen molar-refractivity contribution in [2.45, 2.75) is 25.7 Å². The number of benzene rings is 2. The van der Waals surface area contributed by atoms with Crippen LogP contribution < -0.4 is 0 Å². The van der Waals surface area contributed by atoms with Crippen LogP contribution in [-0.4, -0.2) is 35.1 Å². The standard InChI is InChI=1S/C19H19BFNO3/c1-20(25)22-18(11-16(12-23)19(22)24)9-13-5-7-14(8-6-13)15-3-2-4-17(21)10-15/h2-8,10,12,16,18,25H,9,11H2,1H3/t16?,18-/m1/s1. The SMILES string of the molecule is CB(O)N1C(=O)C(C=O)C[C@H]1Cc1ccc(-c2cccc(F)c2)cc1. The molecule has 1 saturated heterocycles. The van der Waals surface area contributed by atoms with Gasteiger partial charge in [-0.1, -0.05) is 36.4 Å². The predicted octanol–water partition coefficient (Wildman–Crippen LogP) is 2.56. The molecule has 2 aromatic rings. The summed E-state index contributed by atoms with van der Waals surface area (Å²) in [5, 5.41) is 9.86. The summed E-state index contributed by atoms with van der Waals surface area (Å²) in [5.41, 5.74) is 2.70. The molecular weight excluding hydrogens is 320 g/mol. The summed E-state index contributed by atoms with van der Waals surface area (Å²) >= 11 is 0. The van der Waals surface area contributed by atoms with E-state index in [4.69, 9.17) is 0 Å². The van der Waals surface area contributed by atoms with E-state index in [1.54, 1.807) is 6.07 Å². The van der Waals surface area contributed by atoms with Crippen molar-refractivity contribution in [3.8, 4) is 11.1 Å². The van der Waals surface area contributed by atoms with Gasteiger partial charge in [0, 0.05) is 6.04 Å². The third-order valence-electron chi connectivity index (χ3n) is 4.64. The van der Waals surface area contributed by atoms with Crippen LogP contribution in [0, 0.1) is 11.7 Å². The lowest BCUT2D eigenvalue weighted by atomic mass is 9.83. The van der Waals surface area contributed by atoms with Gasteiger partial charge in [-0.3, -0.25) is 4.79 Å². The Balaban J connectivity index is 1.77. The normalized spacial score (nSPS) is 20.0. The molecule has 1 fully saturated rings. The lowest BCUT2D eigenvalue weighted by Gasteiger charge is -2.25. The number of rotatable bonds is 5. The predicted molar refractivity (Wildman–Crippen MR) is 94.2 cm³/mol. The molecule has 25 heavy (non-hydrogen) atoms. The average Bonchev–Trinajstić information content (AvgIpc) is 2.91. The molecule has 1 unspecified atom stereocenters. The molecule has 1 aliphatic heterocycles. The number of hydrogen-bond donors (Lipinski definition) is 1. The fourth-order valence-electron chi connectivity index (χ4n) is 3.44. The van der Waals surface area contributed by atoms with Crippen molar-refractivity contribution < 1.29 is 19.0 Å². The summed E-state index contributed by atoms with van der Waals surface area (Å²) < 4.78 is 13.3. The molecule has 6 heteroatoms. The van der Waals surface area contributed by atoms with Crippen LogP contribution in [-0.2, 0) is 16.0 Å². The molecule has 0 bridgehead atoms. The Hall–Kier alpha value is -2.47. The molecule has 0 saturated carbocycles. The maximum absolute atomic E-state index is 13.3. The van der Waals surface area contributed by atoms with Crippen molar-refractivity contribution in [3.63, 3.8) is 0 Å². The zero-order valence-electron chi connectivity index (χ0n) is 13.9. The van der Waals surface area contributed by atoms with Crippen molar-refractivity contribution in [2.75, 3.05) is 0 Å². The second kappa shape index (κ2) is 7.19. The highest BCUT2D eigenvalue weighted by atomic mass is 19.1. The summed E-state index contributed by atoms with van der Waals surface area (Å²) in [4.78, 5) is 24.6. The Morgan fingerprint density at radius 3 is 2.56 bits per heavy atom. The quantitative estimate of drug-likeness (QED) is 0.517. The first-order valence-corrected chi connectivity index (χ1v) is 8.30. The number of aldehydes is 1. The van der Waals surface area contributed by atoms with Crippen LogP contribution in [0.25, 0.3) is 11.1 Å². The van der Waals surface area contributed by atoms with Crippen molar-refractivity contribution >= 4 is 19.2 Å². The fraction of sp³-hybridized carbons (Fsp3) is 0.263. The Morgan fingerprint density at radius 2 is 1.96 bits per heavy atom. The Kier molecular flexibility index (Phi) is 4.99. The van der Waals surface area contributed by atoms with E-state index in [0.717, 1.165) is 16.7 Å². The summed E-state index contributed by atoms with van der Waals surface area (Å²) in [5.74, 6) is -1.27. The van der Waals surface area contributed by atoms with E-state index in [1.165, 1.54) is 23.8 Å². The van der Waals surface area contributed by atoms with Gasteiger partial charge in [0.15, 0.2) is 0 Å². The third-order valence-corrected chi connectivity index (χ3v) is 4.64. The summed E-state index contributed by atoms with van der Waals surface area (Å²) in [7, 11) is -0.922. The molecule has 4 nitrogen and oxygen atoms in total. The zero-order chi connectivity index (χ0) is 18.0. The van der Waals surface area contributed by atoms with E-state index in [0.29, 0.717) is 19.1 Å². The summed E-state index contributed by atoms with van der Waals surface area (Å²) in [6.45, 7) is 1.53. The summed E-state index contributed by atoms with van der Waals surface area (Å²) in [6.07, 6.45) is 1.63. The minimum atomic E-state index is -0.922. The van der Waals surface area contributed by atoms with Crippen LogP contribution in [0.3, 0.4) is 0 Å². The van der Waals surface area contributed by atoms with E-state index in [2.05, 4.69) is 0 Å². The van der Waals surface area contributed by atoms with Gasteiger partial charge < -0.3 is 14.6 Å². The second-order valence-electron chi connectivity index (χ2n) is 6.42. The first-order chi connectivity index (χ1) is 12.0. The van der Waals surface area contributed by atoms with Gasteiger partial charge in [-0.15, -0.1) is 0 Å². The Labute approximate surface area is 146 Å². The molecule has 3 rings (SSSR count). The van der Waals surface area contributed by atoms with Crippen molar-refractivity contribution in [3.05, 3.63) is 59.9 Å². The van der Waals surface area contributed by atoms with Gasteiger partial charge >= 0.3 is 7.05 Å². The lowest BCUT2D eigenvalue weighted by molar-refractivity contribution is -0.131. The largest absolute Gasteiger partial charge is 0.432 e. The molecular formula is C19H19BFNO3. The lowest BCUT2D eigenvalue weighted by Crippen LogP contribution is -2.45. The van der Waals surface area contributed by atoms with Crippen LogP contribution in [0.2, 0.25) is 6.82 Å². The van der Waals surface area contributed by atoms with E-state index in [-0.39, 0.29) is 17.8 Å². The minimum Gasteiger partial charge on any atom is -0.432 e. The Bertz CT molecular complexity index is 778. The first-order valence-electron chi connectivity index (χ1n) is 8.30. The molecule has 0 spiro atoms. The molecule has 1 amide bonds. The number of halogens is 1. The molecule has 2 atom stereocenters. The number of carbonyl (C=O) groups is 2. The van der Waals surface area contributed by atoms with Crippen LogP contribution >= 0.6 is 0 Å². The second-order valence-corrected chi connectivity index (χ2v) is 6.42. The number of hydrogen-bond acceptors (Lipinski definition) is 3. The van der Waals surface area contributed by atoms with E-state index in [1.807, 2.05) is 30.3 Å². The summed E-state index contributed by atoms with van der Waals surface area (Å²) in [6, 6.07) is 13.9. The van der Waals surface area contributed by atoms with Gasteiger partial charge in [-0.25, -0.2) is 4.39 Å². The highest BCUT2D eigenvalue weighted by molar-refractivity contribution is 6.49. The monoisotopic (exact) mass is 339 g/mol. The average molecular weight is 339 g/mol. The molecule has 0 aromatic heterocycles. The maximum Gasteiger partial charge on any atom is 0.412 e. The smallest absolute Gasteiger partial charge is 0.412 e. The van der Waals surface area contributed by atoms with Crippen molar-refractivity contribution in [1.29, 1.82) is 0 Å². The van der Waals surface area contributed by atoms with Gasteiger partial charge in [-0.2, -0.15) is 0 Å². The van der Waals surface area contributed by atoms with Gasteiger partial charge in [0.1, 0.15) is 12.1 Å². The van der Waals surface area contributed by atoms with Crippen LogP contribution in [0.15, 0.2) is 48.5 Å². The fourth-order valence-corrected chi connectivity index (χ4v) is 3.44. The molecule has 0 aliphatic carbocycles. The molecule has 1 aliphatic rings.